The molecule has 0 saturated heterocycles. The van der Waals surface area contributed by atoms with Gasteiger partial charge in [0.05, 0.1) is 5.69 Å². The number of aromatic amines is 1. The molecule has 3 heterocycles. The Labute approximate surface area is 137 Å². The number of fused-ring (bicyclic) bond motifs is 1. The molecular weight excluding hydrogens is 306 g/mol. The molecule has 0 bridgehead atoms. The van der Waals surface area contributed by atoms with E-state index in [2.05, 4.69) is 15.7 Å². The molecule has 24 heavy (non-hydrogen) atoms. The highest BCUT2D eigenvalue weighted by Crippen LogP contribution is 2.16. The largest absolute Gasteiger partial charge is 0.338 e. The minimum absolute atomic E-state index is 0.120. The lowest BCUT2D eigenvalue weighted by atomic mass is 10.2. The molecule has 0 aliphatic carbocycles. The van der Waals surface area contributed by atoms with Gasteiger partial charge in [-0.25, -0.2) is 0 Å². The zero-order chi connectivity index (χ0) is 16.5. The Kier molecular flexibility index (Phi) is 3.55. The minimum Gasteiger partial charge on any atom is -0.338 e. The van der Waals surface area contributed by atoms with Gasteiger partial charge in [-0.15, -0.1) is 0 Å². The van der Waals surface area contributed by atoms with E-state index >= 15 is 0 Å². The summed E-state index contributed by atoms with van der Waals surface area (Å²) in [6, 6.07) is 12.6. The fraction of sp³-hybridized carbons (Fsp3) is 0.176. The van der Waals surface area contributed by atoms with Crippen LogP contribution in [0.15, 0.2) is 53.5 Å². The van der Waals surface area contributed by atoms with Gasteiger partial charge in [-0.2, -0.15) is 0 Å². The molecule has 0 fully saturated rings. The molecule has 1 amide bonds. The van der Waals surface area contributed by atoms with Crippen LogP contribution >= 0.6 is 0 Å². The fourth-order valence-corrected chi connectivity index (χ4v) is 2.92. The van der Waals surface area contributed by atoms with Gasteiger partial charge in [0.15, 0.2) is 0 Å². The molecule has 7 heteroatoms. The summed E-state index contributed by atoms with van der Waals surface area (Å²) in [6.07, 6.45) is 1.66. The molecule has 122 valence electrons. The Balaban J connectivity index is 1.52. The van der Waals surface area contributed by atoms with Crippen LogP contribution in [0.4, 0.5) is 5.69 Å². The maximum absolute atomic E-state index is 12.5. The molecule has 3 N–H and O–H groups in total. The Morgan fingerprint density at radius 2 is 1.92 bits per heavy atom. The van der Waals surface area contributed by atoms with E-state index in [1.807, 2.05) is 41.0 Å². The monoisotopic (exact) mass is 323 g/mol. The molecule has 0 saturated carbocycles. The predicted molar refractivity (Wildman–Crippen MR) is 90.5 cm³/mol. The number of amides is 1. The van der Waals surface area contributed by atoms with Crippen LogP contribution in [-0.2, 0) is 13.1 Å². The SMILES string of the molecule is O=C(Nc1ccc(-n2ccc(=O)[nH]2)cc1)c1ccc2n1CCNC2. The number of benzene rings is 1. The Morgan fingerprint density at radius 3 is 2.67 bits per heavy atom. The lowest BCUT2D eigenvalue weighted by Crippen LogP contribution is -2.30. The normalized spacial score (nSPS) is 13.5. The first-order valence-electron chi connectivity index (χ1n) is 7.79. The fourth-order valence-electron chi connectivity index (χ4n) is 2.92. The molecule has 0 radical (unpaired) electrons. The van der Waals surface area contributed by atoms with Crippen molar-refractivity contribution < 1.29 is 4.79 Å². The molecule has 0 spiro atoms. The van der Waals surface area contributed by atoms with Crippen molar-refractivity contribution in [2.24, 2.45) is 0 Å². The molecule has 1 aromatic carbocycles. The number of anilines is 1. The van der Waals surface area contributed by atoms with Gasteiger partial charge in [-0.1, -0.05) is 0 Å². The van der Waals surface area contributed by atoms with Crippen molar-refractivity contribution >= 4 is 11.6 Å². The minimum atomic E-state index is -0.153. The molecule has 3 aromatic rings. The summed E-state index contributed by atoms with van der Waals surface area (Å²) in [7, 11) is 0. The first-order valence-corrected chi connectivity index (χ1v) is 7.79. The average molecular weight is 323 g/mol. The van der Waals surface area contributed by atoms with Gasteiger partial charge in [0.25, 0.3) is 11.5 Å². The Morgan fingerprint density at radius 1 is 1.08 bits per heavy atom. The van der Waals surface area contributed by atoms with Crippen molar-refractivity contribution in [3.8, 4) is 5.69 Å². The highest BCUT2D eigenvalue weighted by atomic mass is 16.2. The van der Waals surface area contributed by atoms with Gasteiger partial charge in [-0.05, 0) is 36.4 Å². The van der Waals surface area contributed by atoms with Crippen LogP contribution in [-0.4, -0.2) is 26.8 Å². The average Bonchev–Trinajstić information content (AvgIpc) is 3.22. The molecule has 1 aliphatic rings. The summed E-state index contributed by atoms with van der Waals surface area (Å²) in [6.45, 7) is 2.45. The van der Waals surface area contributed by atoms with Crippen LogP contribution in [0.25, 0.3) is 5.69 Å². The summed E-state index contributed by atoms with van der Waals surface area (Å²) in [4.78, 5) is 23.7. The number of rotatable bonds is 3. The van der Waals surface area contributed by atoms with Crippen molar-refractivity contribution in [3.63, 3.8) is 0 Å². The number of H-pyrrole nitrogens is 1. The van der Waals surface area contributed by atoms with Crippen molar-refractivity contribution in [3.05, 3.63) is 70.4 Å². The van der Waals surface area contributed by atoms with Crippen molar-refractivity contribution in [1.29, 1.82) is 0 Å². The third-order valence-corrected chi connectivity index (χ3v) is 4.13. The quantitative estimate of drug-likeness (QED) is 0.680. The molecule has 1 aliphatic heterocycles. The topological polar surface area (TPSA) is 83.8 Å². The molecule has 2 aromatic heterocycles. The summed E-state index contributed by atoms with van der Waals surface area (Å²) < 4.78 is 3.68. The van der Waals surface area contributed by atoms with E-state index < -0.39 is 0 Å². The summed E-state index contributed by atoms with van der Waals surface area (Å²) in [5.41, 5.74) is 3.17. The molecule has 7 nitrogen and oxygen atoms in total. The van der Waals surface area contributed by atoms with Gasteiger partial charge in [0, 0.05) is 43.3 Å². The van der Waals surface area contributed by atoms with Crippen LogP contribution in [0, 0.1) is 0 Å². The number of carbonyl (C=O) groups excluding carboxylic acids is 1. The highest BCUT2D eigenvalue weighted by molar-refractivity contribution is 6.03. The molecular formula is C17H17N5O2. The van der Waals surface area contributed by atoms with Crippen molar-refractivity contribution in [1.82, 2.24) is 19.7 Å². The van der Waals surface area contributed by atoms with E-state index in [0.717, 1.165) is 31.0 Å². The number of nitrogens with one attached hydrogen (secondary N) is 3. The van der Waals surface area contributed by atoms with Crippen LogP contribution in [0.3, 0.4) is 0 Å². The predicted octanol–water partition coefficient (Wildman–Crippen LogP) is 1.32. The van der Waals surface area contributed by atoms with Gasteiger partial charge >= 0.3 is 0 Å². The maximum atomic E-state index is 12.5. The zero-order valence-corrected chi connectivity index (χ0v) is 13.0. The van der Waals surface area contributed by atoms with Crippen molar-refractivity contribution in [2.75, 3.05) is 11.9 Å². The van der Waals surface area contributed by atoms with Gasteiger partial charge in [-0.3, -0.25) is 19.4 Å². The summed E-state index contributed by atoms with van der Waals surface area (Å²) in [5, 5.41) is 8.88. The number of hydrogen-bond acceptors (Lipinski definition) is 3. The summed E-state index contributed by atoms with van der Waals surface area (Å²) >= 11 is 0. The lowest BCUT2D eigenvalue weighted by molar-refractivity contribution is 0.101. The number of hydrogen-bond donors (Lipinski definition) is 3. The maximum Gasteiger partial charge on any atom is 0.272 e. The van der Waals surface area contributed by atoms with E-state index in [1.165, 1.54) is 6.07 Å². The van der Waals surface area contributed by atoms with E-state index in [0.29, 0.717) is 11.4 Å². The molecule has 0 unspecified atom stereocenters. The standard InChI is InChI=1S/C17H17N5O2/c23-16-7-9-22(20-16)13-3-1-12(2-4-13)19-17(24)15-6-5-14-11-18-8-10-21(14)15/h1-7,9,18H,8,10-11H2,(H,19,24)(H,20,23). The van der Waals surface area contributed by atoms with Crippen LogP contribution in [0.5, 0.6) is 0 Å². The van der Waals surface area contributed by atoms with E-state index in [4.69, 9.17) is 0 Å². The van der Waals surface area contributed by atoms with Crippen LogP contribution in [0.1, 0.15) is 16.2 Å². The first-order chi connectivity index (χ1) is 11.7. The number of nitrogens with zero attached hydrogens (tertiary/aromatic N) is 2. The highest BCUT2D eigenvalue weighted by Gasteiger charge is 2.17. The van der Waals surface area contributed by atoms with Gasteiger partial charge in [0.1, 0.15) is 5.69 Å². The zero-order valence-electron chi connectivity index (χ0n) is 13.0. The Hall–Kier alpha value is -3.06. The second kappa shape index (κ2) is 5.86. The first kappa shape index (κ1) is 14.5. The van der Waals surface area contributed by atoms with E-state index in [1.54, 1.807) is 10.9 Å². The van der Waals surface area contributed by atoms with E-state index in [9.17, 15) is 9.59 Å². The van der Waals surface area contributed by atoms with Crippen molar-refractivity contribution in [2.45, 2.75) is 13.1 Å². The second-order valence-corrected chi connectivity index (χ2v) is 5.70. The van der Waals surface area contributed by atoms with Gasteiger partial charge in [0.2, 0.25) is 0 Å². The second-order valence-electron chi connectivity index (χ2n) is 5.70. The third kappa shape index (κ3) is 2.65. The van der Waals surface area contributed by atoms with Crippen LogP contribution < -0.4 is 16.2 Å². The third-order valence-electron chi connectivity index (χ3n) is 4.13. The number of aromatic nitrogens is 3. The molecule has 0 atom stereocenters. The number of carbonyl (C=O) groups is 1. The molecule has 4 rings (SSSR count). The van der Waals surface area contributed by atoms with Crippen LogP contribution in [0.2, 0.25) is 0 Å². The van der Waals surface area contributed by atoms with Gasteiger partial charge < -0.3 is 15.2 Å². The smallest absolute Gasteiger partial charge is 0.272 e. The summed E-state index contributed by atoms with van der Waals surface area (Å²) in [5.74, 6) is -0.120. The Bertz CT molecular complexity index is 933. The lowest BCUT2D eigenvalue weighted by Gasteiger charge is -2.18. The van der Waals surface area contributed by atoms with E-state index in [-0.39, 0.29) is 11.5 Å².